The Balaban J connectivity index is 1.06. The Labute approximate surface area is 342 Å². The van der Waals surface area contributed by atoms with Gasteiger partial charge in [0, 0.05) is 22.5 Å². The van der Waals surface area contributed by atoms with E-state index in [1.165, 1.54) is 77.9 Å². The molecule has 0 amide bonds. The molecular weight excluding hydrogens is 699 g/mol. The predicted octanol–water partition coefficient (Wildman–Crippen LogP) is 15.8. The molecule has 1 aliphatic carbocycles. The third-order valence-electron chi connectivity index (χ3n) is 11.9. The van der Waals surface area contributed by atoms with Crippen LogP contribution in [-0.4, -0.2) is 0 Å². The Bertz CT molecular complexity index is 2770. The highest BCUT2D eigenvalue weighted by Crippen LogP contribution is 2.53. The molecule has 9 aromatic rings. The maximum atomic E-state index is 2.41. The second kappa shape index (κ2) is 14.7. The summed E-state index contributed by atoms with van der Waals surface area (Å²) in [6.45, 7) is 4.71. The number of benzene rings is 9. The van der Waals surface area contributed by atoms with Crippen molar-refractivity contribution in [2.45, 2.75) is 19.3 Å². The lowest BCUT2D eigenvalue weighted by molar-refractivity contribution is 0.660. The van der Waals surface area contributed by atoms with Crippen LogP contribution in [0.15, 0.2) is 224 Å². The summed E-state index contributed by atoms with van der Waals surface area (Å²) < 4.78 is 0. The van der Waals surface area contributed by atoms with Gasteiger partial charge in [-0.1, -0.05) is 196 Å². The maximum Gasteiger partial charge on any atom is 0.0462 e. The predicted molar refractivity (Wildman–Crippen MR) is 246 cm³/mol. The summed E-state index contributed by atoms with van der Waals surface area (Å²) in [6, 6.07) is 81.7. The molecule has 1 aliphatic rings. The van der Waals surface area contributed by atoms with Crippen molar-refractivity contribution in [3.63, 3.8) is 0 Å². The van der Waals surface area contributed by atoms with E-state index in [1.54, 1.807) is 0 Å². The Hall–Kier alpha value is -7.22. The molecule has 0 fully saturated rings. The molecule has 1 nitrogen and oxygen atoms in total. The molecule has 0 aromatic heterocycles. The van der Waals surface area contributed by atoms with Gasteiger partial charge in [-0.15, -0.1) is 0 Å². The molecule has 9 aromatic carbocycles. The Kier molecular flexibility index (Phi) is 8.92. The van der Waals surface area contributed by atoms with Gasteiger partial charge < -0.3 is 4.90 Å². The van der Waals surface area contributed by atoms with Crippen LogP contribution < -0.4 is 4.90 Å². The zero-order valence-electron chi connectivity index (χ0n) is 32.8. The lowest BCUT2D eigenvalue weighted by Crippen LogP contribution is -2.14. The minimum Gasteiger partial charge on any atom is -0.311 e. The monoisotopic (exact) mass is 741 g/mol. The van der Waals surface area contributed by atoms with Crippen molar-refractivity contribution >= 4 is 17.1 Å². The van der Waals surface area contributed by atoms with Crippen LogP contribution in [0, 0.1) is 0 Å². The SMILES string of the molecule is CC1(C)c2ccccc2-c2c(-c3cc(-c4ccc(N(c5ccc(-c6ccccc6)cc5)c5ccc(-c6ccccc6)cc5)cc4)ccc3-c3ccccc3)cccc21. The van der Waals surface area contributed by atoms with Crippen LogP contribution in [0.3, 0.4) is 0 Å². The van der Waals surface area contributed by atoms with E-state index >= 15 is 0 Å². The average molecular weight is 742 g/mol. The van der Waals surface area contributed by atoms with Crippen LogP contribution in [0.25, 0.3) is 66.8 Å². The Morgan fingerprint density at radius 2 is 0.672 bits per heavy atom. The van der Waals surface area contributed by atoms with Crippen molar-refractivity contribution in [2.75, 3.05) is 4.90 Å². The van der Waals surface area contributed by atoms with Crippen LogP contribution in [0.2, 0.25) is 0 Å². The van der Waals surface area contributed by atoms with Gasteiger partial charge in [0.25, 0.3) is 0 Å². The van der Waals surface area contributed by atoms with Gasteiger partial charge >= 0.3 is 0 Å². The molecule has 1 heteroatoms. The Morgan fingerprint density at radius 1 is 0.276 bits per heavy atom. The van der Waals surface area contributed by atoms with Crippen molar-refractivity contribution in [3.05, 3.63) is 236 Å². The number of fused-ring (bicyclic) bond motifs is 3. The summed E-state index contributed by atoms with van der Waals surface area (Å²) >= 11 is 0. The van der Waals surface area contributed by atoms with E-state index in [0.29, 0.717) is 0 Å². The van der Waals surface area contributed by atoms with Crippen molar-refractivity contribution < 1.29 is 0 Å². The highest BCUT2D eigenvalue weighted by Gasteiger charge is 2.36. The summed E-state index contributed by atoms with van der Waals surface area (Å²) in [4.78, 5) is 2.35. The molecule has 0 N–H and O–H groups in total. The van der Waals surface area contributed by atoms with E-state index in [9.17, 15) is 0 Å². The molecule has 0 aliphatic heterocycles. The molecule has 0 bridgehead atoms. The van der Waals surface area contributed by atoms with Gasteiger partial charge in [-0.2, -0.15) is 0 Å². The second-order valence-electron chi connectivity index (χ2n) is 15.7. The van der Waals surface area contributed by atoms with E-state index < -0.39 is 0 Å². The first-order chi connectivity index (χ1) is 28.5. The second-order valence-corrected chi connectivity index (χ2v) is 15.7. The standard InChI is InChI=1S/C57H43N/c1-57(2)54-23-13-12-21-52(54)56-51(22-14-24-55(56)57)53-39-46(31-38-50(53)45-19-10-5-11-20-45)44-29-36-49(37-30-44)58(47-32-25-42(26-33-47)40-15-6-3-7-16-40)48-34-27-43(28-35-48)41-17-8-4-9-18-41/h3-39H,1-2H3. The third kappa shape index (κ3) is 6.32. The molecule has 0 unspecified atom stereocenters. The first-order valence-corrected chi connectivity index (χ1v) is 20.2. The normalized spacial score (nSPS) is 12.4. The highest BCUT2D eigenvalue weighted by molar-refractivity contribution is 5.98. The van der Waals surface area contributed by atoms with E-state index in [-0.39, 0.29) is 5.41 Å². The van der Waals surface area contributed by atoms with Gasteiger partial charge in [0.1, 0.15) is 0 Å². The van der Waals surface area contributed by atoms with Gasteiger partial charge in [-0.3, -0.25) is 0 Å². The number of anilines is 3. The average Bonchev–Trinajstić information content (AvgIpc) is 3.54. The number of hydrogen-bond acceptors (Lipinski definition) is 1. The van der Waals surface area contributed by atoms with Crippen LogP contribution in [-0.2, 0) is 5.41 Å². The van der Waals surface area contributed by atoms with Crippen molar-refractivity contribution in [2.24, 2.45) is 0 Å². The summed E-state index contributed by atoms with van der Waals surface area (Å²) in [7, 11) is 0. The molecule has 0 radical (unpaired) electrons. The zero-order valence-corrected chi connectivity index (χ0v) is 32.8. The summed E-state index contributed by atoms with van der Waals surface area (Å²) in [5.41, 5.74) is 20.9. The number of hydrogen-bond donors (Lipinski definition) is 0. The minimum absolute atomic E-state index is 0.0715. The first-order valence-electron chi connectivity index (χ1n) is 20.2. The summed E-state index contributed by atoms with van der Waals surface area (Å²) in [5, 5.41) is 0. The molecule has 0 heterocycles. The first kappa shape index (κ1) is 35.2. The molecule has 0 saturated heterocycles. The fourth-order valence-corrected chi connectivity index (χ4v) is 8.91. The molecule has 10 rings (SSSR count). The lowest BCUT2D eigenvalue weighted by atomic mass is 9.81. The van der Waals surface area contributed by atoms with Gasteiger partial charge in [0.15, 0.2) is 0 Å². The van der Waals surface area contributed by atoms with Crippen LogP contribution in [0.4, 0.5) is 17.1 Å². The van der Waals surface area contributed by atoms with Gasteiger partial charge in [0.05, 0.1) is 0 Å². The smallest absolute Gasteiger partial charge is 0.0462 e. The molecule has 0 saturated carbocycles. The van der Waals surface area contributed by atoms with Crippen LogP contribution >= 0.6 is 0 Å². The molecule has 58 heavy (non-hydrogen) atoms. The van der Waals surface area contributed by atoms with Crippen molar-refractivity contribution in [1.29, 1.82) is 0 Å². The fraction of sp³-hybridized carbons (Fsp3) is 0.0526. The highest BCUT2D eigenvalue weighted by atomic mass is 15.1. The van der Waals surface area contributed by atoms with E-state index in [1.807, 2.05) is 0 Å². The minimum atomic E-state index is -0.0715. The fourth-order valence-electron chi connectivity index (χ4n) is 8.91. The van der Waals surface area contributed by atoms with E-state index in [4.69, 9.17) is 0 Å². The Morgan fingerprint density at radius 3 is 1.21 bits per heavy atom. The van der Waals surface area contributed by atoms with Gasteiger partial charge in [-0.25, -0.2) is 0 Å². The number of nitrogens with zero attached hydrogens (tertiary/aromatic N) is 1. The molecule has 0 spiro atoms. The summed E-state index contributed by atoms with van der Waals surface area (Å²) in [6.07, 6.45) is 0. The molecular formula is C57H43N. The van der Waals surface area contributed by atoms with Gasteiger partial charge in [-0.05, 0) is 120 Å². The lowest BCUT2D eigenvalue weighted by Gasteiger charge is -2.26. The largest absolute Gasteiger partial charge is 0.311 e. The molecule has 0 atom stereocenters. The summed E-state index contributed by atoms with van der Waals surface area (Å²) in [5.74, 6) is 0. The van der Waals surface area contributed by atoms with Crippen molar-refractivity contribution in [1.82, 2.24) is 0 Å². The molecule has 276 valence electrons. The maximum absolute atomic E-state index is 2.41. The van der Waals surface area contributed by atoms with Gasteiger partial charge in [0.2, 0.25) is 0 Å². The third-order valence-corrected chi connectivity index (χ3v) is 11.9. The van der Waals surface area contributed by atoms with Crippen molar-refractivity contribution in [3.8, 4) is 66.8 Å². The van der Waals surface area contributed by atoms with Crippen LogP contribution in [0.5, 0.6) is 0 Å². The van der Waals surface area contributed by atoms with Crippen LogP contribution in [0.1, 0.15) is 25.0 Å². The van der Waals surface area contributed by atoms with E-state index in [2.05, 4.69) is 243 Å². The van der Waals surface area contributed by atoms with E-state index in [0.717, 1.165) is 17.1 Å². The zero-order chi connectivity index (χ0) is 39.1. The number of rotatable bonds is 8. The topological polar surface area (TPSA) is 3.24 Å². The quantitative estimate of drug-likeness (QED) is 0.150.